The first-order chi connectivity index (χ1) is 8.79. The van der Waals surface area contributed by atoms with Crippen LogP contribution in [0.25, 0.3) is 0 Å². The summed E-state index contributed by atoms with van der Waals surface area (Å²) >= 11 is 0. The molecule has 1 aromatic rings. The summed E-state index contributed by atoms with van der Waals surface area (Å²) < 4.78 is 5.36. The number of methoxy groups -OCH3 is 1. The van der Waals surface area contributed by atoms with Gasteiger partial charge in [0.1, 0.15) is 0 Å². The van der Waals surface area contributed by atoms with Crippen LogP contribution >= 0.6 is 0 Å². The number of ether oxygens (including phenoxy) is 1. The molecule has 0 heterocycles. The summed E-state index contributed by atoms with van der Waals surface area (Å²) in [7, 11) is 1.61. The van der Waals surface area contributed by atoms with Crippen molar-refractivity contribution < 1.29 is 4.74 Å². The van der Waals surface area contributed by atoms with Gasteiger partial charge >= 0.3 is 0 Å². The van der Waals surface area contributed by atoms with Crippen molar-refractivity contribution >= 4 is 5.90 Å². The fraction of sp³-hybridized carbons (Fsp3) is 0.467. The Morgan fingerprint density at radius 3 is 2.44 bits per heavy atom. The smallest absolute Gasteiger partial charge is 0.217 e. The summed E-state index contributed by atoms with van der Waals surface area (Å²) in [6.45, 7) is 0. The summed E-state index contributed by atoms with van der Waals surface area (Å²) in [6, 6.07) is 12.1. The lowest BCUT2D eigenvalue weighted by atomic mass is 9.83. The number of benzene rings is 1. The highest BCUT2D eigenvalue weighted by atomic mass is 16.5. The third kappa shape index (κ3) is 2.70. The predicted octanol–water partition coefficient (Wildman–Crippen LogP) is 3.31. The second kappa shape index (κ2) is 5.68. The molecule has 3 nitrogen and oxygen atoms in total. The fourth-order valence-corrected chi connectivity index (χ4v) is 2.39. The van der Waals surface area contributed by atoms with E-state index < -0.39 is 5.54 Å². The van der Waals surface area contributed by atoms with Crippen molar-refractivity contribution in [3.8, 4) is 6.07 Å². The standard InChI is InChI=1S/C15H18N2O/c1-18-14(13-8-4-2-5-9-13)17-15(12-16)10-6-3-7-11-15/h2,4-5,8-9H,3,6-7,10-11H2,1H3. The first-order valence-electron chi connectivity index (χ1n) is 6.40. The number of nitriles is 1. The van der Waals surface area contributed by atoms with Gasteiger partial charge in [-0.3, -0.25) is 0 Å². The maximum Gasteiger partial charge on any atom is 0.217 e. The van der Waals surface area contributed by atoms with Crippen molar-refractivity contribution in [2.45, 2.75) is 37.6 Å². The summed E-state index contributed by atoms with van der Waals surface area (Å²) in [6.07, 6.45) is 5.02. The third-order valence-electron chi connectivity index (χ3n) is 3.42. The molecule has 18 heavy (non-hydrogen) atoms. The molecular formula is C15H18N2O. The van der Waals surface area contributed by atoms with Crippen molar-refractivity contribution in [3.63, 3.8) is 0 Å². The SMILES string of the molecule is COC(=NC1(C#N)CCCCC1)c1ccccc1. The van der Waals surface area contributed by atoms with E-state index in [1.807, 2.05) is 30.3 Å². The van der Waals surface area contributed by atoms with E-state index in [0.717, 1.165) is 31.2 Å². The molecule has 1 aliphatic carbocycles. The van der Waals surface area contributed by atoms with Gasteiger partial charge in [0.05, 0.1) is 13.2 Å². The fourth-order valence-electron chi connectivity index (χ4n) is 2.39. The number of nitrogens with zero attached hydrogens (tertiary/aromatic N) is 2. The van der Waals surface area contributed by atoms with E-state index in [-0.39, 0.29) is 0 Å². The highest BCUT2D eigenvalue weighted by molar-refractivity contribution is 5.94. The molecule has 3 heteroatoms. The molecule has 0 atom stereocenters. The van der Waals surface area contributed by atoms with E-state index in [2.05, 4.69) is 11.1 Å². The lowest BCUT2D eigenvalue weighted by molar-refractivity contribution is 0.346. The maximum absolute atomic E-state index is 9.42. The van der Waals surface area contributed by atoms with E-state index in [9.17, 15) is 5.26 Å². The zero-order chi connectivity index (χ0) is 12.8. The first-order valence-corrected chi connectivity index (χ1v) is 6.40. The summed E-state index contributed by atoms with van der Waals surface area (Å²) in [5.74, 6) is 0.569. The molecule has 1 fully saturated rings. The Morgan fingerprint density at radius 2 is 1.89 bits per heavy atom. The van der Waals surface area contributed by atoms with Crippen molar-refractivity contribution in [3.05, 3.63) is 35.9 Å². The Balaban J connectivity index is 2.31. The Labute approximate surface area is 108 Å². The van der Waals surface area contributed by atoms with E-state index in [1.165, 1.54) is 6.42 Å². The van der Waals surface area contributed by atoms with Crippen molar-refractivity contribution in [2.75, 3.05) is 7.11 Å². The third-order valence-corrected chi connectivity index (χ3v) is 3.42. The van der Waals surface area contributed by atoms with Gasteiger partial charge in [-0.25, -0.2) is 4.99 Å². The van der Waals surface area contributed by atoms with E-state index in [4.69, 9.17) is 4.74 Å². The quantitative estimate of drug-likeness (QED) is 0.590. The molecule has 0 bridgehead atoms. The lowest BCUT2D eigenvalue weighted by Crippen LogP contribution is -2.29. The molecule has 0 aromatic heterocycles. The molecule has 0 amide bonds. The van der Waals surface area contributed by atoms with Gasteiger partial charge in [0, 0.05) is 5.56 Å². The Kier molecular flexibility index (Phi) is 3.99. The van der Waals surface area contributed by atoms with Gasteiger partial charge in [-0.05, 0) is 37.8 Å². The minimum Gasteiger partial charge on any atom is -0.481 e. The van der Waals surface area contributed by atoms with Crippen molar-refractivity contribution in [1.82, 2.24) is 0 Å². The summed E-state index contributed by atoms with van der Waals surface area (Å²) in [5, 5.41) is 9.42. The van der Waals surface area contributed by atoms with Gasteiger partial charge in [0.15, 0.2) is 5.54 Å². The highest BCUT2D eigenvalue weighted by Gasteiger charge is 2.32. The monoisotopic (exact) mass is 242 g/mol. The van der Waals surface area contributed by atoms with Crippen molar-refractivity contribution in [1.29, 1.82) is 5.26 Å². The number of rotatable bonds is 2. The highest BCUT2D eigenvalue weighted by Crippen LogP contribution is 2.31. The zero-order valence-electron chi connectivity index (χ0n) is 10.7. The van der Waals surface area contributed by atoms with Crippen LogP contribution in [0.1, 0.15) is 37.7 Å². The molecule has 0 spiro atoms. The Bertz CT molecular complexity index is 453. The topological polar surface area (TPSA) is 45.4 Å². The van der Waals surface area contributed by atoms with Crippen LogP contribution in [0.3, 0.4) is 0 Å². The van der Waals surface area contributed by atoms with Crippen LogP contribution in [0.2, 0.25) is 0 Å². The van der Waals surface area contributed by atoms with Gasteiger partial charge in [0.2, 0.25) is 5.90 Å². The van der Waals surface area contributed by atoms with Crippen LogP contribution in [0, 0.1) is 11.3 Å². The van der Waals surface area contributed by atoms with Crippen LogP contribution < -0.4 is 0 Å². The van der Waals surface area contributed by atoms with Crippen LogP contribution in [0.4, 0.5) is 0 Å². The molecule has 1 aliphatic rings. The molecule has 1 aromatic carbocycles. The Morgan fingerprint density at radius 1 is 1.22 bits per heavy atom. The number of hydrogen-bond acceptors (Lipinski definition) is 3. The Hall–Kier alpha value is -1.82. The molecule has 94 valence electrons. The van der Waals surface area contributed by atoms with Crippen LogP contribution in [-0.2, 0) is 4.74 Å². The summed E-state index contributed by atoms with van der Waals surface area (Å²) in [4.78, 5) is 4.61. The van der Waals surface area contributed by atoms with Gasteiger partial charge in [-0.15, -0.1) is 0 Å². The van der Waals surface area contributed by atoms with Gasteiger partial charge in [0.25, 0.3) is 0 Å². The molecule has 0 unspecified atom stereocenters. The maximum atomic E-state index is 9.42. The second-order valence-corrected chi connectivity index (χ2v) is 4.69. The van der Waals surface area contributed by atoms with E-state index in [0.29, 0.717) is 5.90 Å². The zero-order valence-corrected chi connectivity index (χ0v) is 10.7. The van der Waals surface area contributed by atoms with Gasteiger partial charge in [-0.2, -0.15) is 5.26 Å². The average Bonchev–Trinajstić information content (AvgIpc) is 2.47. The van der Waals surface area contributed by atoms with E-state index in [1.54, 1.807) is 7.11 Å². The largest absolute Gasteiger partial charge is 0.481 e. The van der Waals surface area contributed by atoms with E-state index >= 15 is 0 Å². The second-order valence-electron chi connectivity index (χ2n) is 4.69. The van der Waals surface area contributed by atoms with Crippen LogP contribution in [0.15, 0.2) is 35.3 Å². The summed E-state index contributed by atoms with van der Waals surface area (Å²) in [5.41, 5.74) is 0.347. The molecule has 0 aliphatic heterocycles. The minimum atomic E-state index is -0.584. The normalized spacial score (nSPS) is 19.0. The number of aliphatic imine (C=N–C) groups is 1. The van der Waals surface area contributed by atoms with Crippen molar-refractivity contribution in [2.24, 2.45) is 4.99 Å². The average molecular weight is 242 g/mol. The van der Waals surface area contributed by atoms with Crippen LogP contribution in [-0.4, -0.2) is 18.5 Å². The molecule has 0 N–H and O–H groups in total. The number of hydrogen-bond donors (Lipinski definition) is 0. The molecule has 1 saturated carbocycles. The molecule has 0 radical (unpaired) electrons. The van der Waals surface area contributed by atoms with Crippen LogP contribution in [0.5, 0.6) is 0 Å². The molecular weight excluding hydrogens is 224 g/mol. The predicted molar refractivity (Wildman–Crippen MR) is 71.4 cm³/mol. The minimum absolute atomic E-state index is 0.569. The van der Waals surface area contributed by atoms with Gasteiger partial charge < -0.3 is 4.74 Å². The molecule has 0 saturated heterocycles. The van der Waals surface area contributed by atoms with Gasteiger partial charge in [-0.1, -0.05) is 24.6 Å². The molecule has 2 rings (SSSR count). The first kappa shape index (κ1) is 12.6. The lowest BCUT2D eigenvalue weighted by Gasteiger charge is -2.27.